The summed E-state index contributed by atoms with van der Waals surface area (Å²) in [5, 5.41) is 4.88. The van der Waals surface area contributed by atoms with Gasteiger partial charge in [0.05, 0.1) is 28.8 Å². The highest BCUT2D eigenvalue weighted by Crippen LogP contribution is 2.27. The van der Waals surface area contributed by atoms with Crippen molar-refractivity contribution in [1.29, 1.82) is 0 Å². The van der Waals surface area contributed by atoms with E-state index in [4.69, 9.17) is 11.6 Å². The van der Waals surface area contributed by atoms with Crippen molar-refractivity contribution in [1.82, 2.24) is 19.7 Å². The molecule has 3 heterocycles. The normalized spacial score (nSPS) is 18.8. The van der Waals surface area contributed by atoms with Crippen molar-refractivity contribution < 1.29 is 13.2 Å². The first-order chi connectivity index (χ1) is 12.2. The largest absolute Gasteiger partial charge is 0.337 e. The van der Waals surface area contributed by atoms with Crippen molar-refractivity contribution in [2.75, 3.05) is 18.6 Å². The summed E-state index contributed by atoms with van der Waals surface area (Å²) in [4.78, 5) is 18.1. The van der Waals surface area contributed by atoms with E-state index in [1.165, 1.54) is 6.20 Å². The van der Waals surface area contributed by atoms with Gasteiger partial charge in [0, 0.05) is 31.0 Å². The third-order valence-corrected chi connectivity index (χ3v) is 6.72. The van der Waals surface area contributed by atoms with E-state index >= 15 is 0 Å². The highest BCUT2D eigenvalue weighted by atomic mass is 35.5. The molecule has 1 fully saturated rings. The molecule has 7 nitrogen and oxygen atoms in total. The van der Waals surface area contributed by atoms with Gasteiger partial charge < -0.3 is 4.90 Å². The predicted molar refractivity (Wildman–Crippen MR) is 99.1 cm³/mol. The van der Waals surface area contributed by atoms with Crippen molar-refractivity contribution in [3.63, 3.8) is 0 Å². The zero-order valence-electron chi connectivity index (χ0n) is 14.9. The minimum absolute atomic E-state index is 0.125. The molecule has 9 heteroatoms. The summed E-state index contributed by atoms with van der Waals surface area (Å²) in [5.74, 6) is 0.163. The average molecular weight is 397 g/mol. The number of sulfone groups is 1. The van der Waals surface area contributed by atoms with Gasteiger partial charge in [-0.2, -0.15) is 5.10 Å². The third kappa shape index (κ3) is 3.76. The van der Waals surface area contributed by atoms with Crippen LogP contribution in [0.2, 0.25) is 5.15 Å². The summed E-state index contributed by atoms with van der Waals surface area (Å²) >= 11 is 5.76. The Hall–Kier alpha value is -1.93. The van der Waals surface area contributed by atoms with Crippen LogP contribution in [0.25, 0.3) is 0 Å². The van der Waals surface area contributed by atoms with Crippen LogP contribution in [0.15, 0.2) is 18.3 Å². The Balaban J connectivity index is 1.79. The maximum atomic E-state index is 12.6. The van der Waals surface area contributed by atoms with Gasteiger partial charge in [-0.3, -0.25) is 9.48 Å². The first-order valence-electron chi connectivity index (χ1n) is 8.30. The van der Waals surface area contributed by atoms with Crippen LogP contribution < -0.4 is 0 Å². The lowest BCUT2D eigenvalue weighted by molar-refractivity contribution is 0.0784. The fraction of sp³-hybridized carbons (Fsp3) is 0.471. The molecule has 0 saturated carbocycles. The van der Waals surface area contributed by atoms with Gasteiger partial charge in [-0.15, -0.1) is 0 Å². The molecule has 2 aromatic rings. The lowest BCUT2D eigenvalue weighted by atomic mass is 10.1. The van der Waals surface area contributed by atoms with Crippen LogP contribution in [0.1, 0.15) is 39.8 Å². The zero-order chi connectivity index (χ0) is 19.1. The maximum Gasteiger partial charge on any atom is 0.255 e. The van der Waals surface area contributed by atoms with Gasteiger partial charge in [0.25, 0.3) is 5.91 Å². The highest BCUT2D eigenvalue weighted by molar-refractivity contribution is 7.91. The number of carbonyl (C=O) groups excluding carboxylic acids is 1. The molecular formula is C17H21ClN4O3S. The van der Waals surface area contributed by atoms with Gasteiger partial charge >= 0.3 is 0 Å². The van der Waals surface area contributed by atoms with Gasteiger partial charge in [-0.1, -0.05) is 11.6 Å². The Morgan fingerprint density at radius 2 is 2.12 bits per heavy atom. The second-order valence-corrected chi connectivity index (χ2v) is 9.30. The van der Waals surface area contributed by atoms with E-state index in [9.17, 15) is 13.2 Å². The number of nitrogens with zero attached hydrogens (tertiary/aromatic N) is 4. The fourth-order valence-corrected chi connectivity index (χ4v) is 5.09. The number of halogens is 1. The van der Waals surface area contributed by atoms with E-state index in [2.05, 4.69) is 10.1 Å². The lowest BCUT2D eigenvalue weighted by Gasteiger charge is -2.18. The van der Waals surface area contributed by atoms with Crippen LogP contribution in [-0.2, 0) is 16.4 Å². The molecule has 0 aliphatic carbocycles. The Morgan fingerprint density at radius 3 is 2.69 bits per heavy atom. The van der Waals surface area contributed by atoms with Gasteiger partial charge in [0.1, 0.15) is 5.15 Å². The molecule has 140 valence electrons. The Labute approximate surface area is 157 Å². The van der Waals surface area contributed by atoms with E-state index in [-0.39, 0.29) is 23.5 Å². The number of aromatic nitrogens is 3. The number of rotatable bonds is 4. The maximum absolute atomic E-state index is 12.6. The Kier molecular flexibility index (Phi) is 5.07. The summed E-state index contributed by atoms with van der Waals surface area (Å²) in [6.45, 7) is 4.19. The number of hydrogen-bond donors (Lipinski definition) is 0. The molecule has 3 rings (SSSR count). The third-order valence-electron chi connectivity index (χ3n) is 4.75. The van der Waals surface area contributed by atoms with Crippen LogP contribution in [0.4, 0.5) is 0 Å². The van der Waals surface area contributed by atoms with Crippen molar-refractivity contribution in [2.24, 2.45) is 0 Å². The van der Waals surface area contributed by atoms with Crippen LogP contribution in [0.3, 0.4) is 0 Å². The average Bonchev–Trinajstić information content (AvgIpc) is 3.08. The summed E-state index contributed by atoms with van der Waals surface area (Å²) in [5.41, 5.74) is 3.10. The van der Waals surface area contributed by atoms with Gasteiger partial charge in [-0.05, 0) is 32.4 Å². The molecule has 26 heavy (non-hydrogen) atoms. The van der Waals surface area contributed by atoms with E-state index in [0.717, 1.165) is 17.0 Å². The molecule has 0 aromatic carbocycles. The molecule has 0 N–H and O–H groups in total. The predicted octanol–water partition coefficient (Wildman–Crippen LogP) is 2.18. The van der Waals surface area contributed by atoms with E-state index in [1.807, 2.05) is 13.8 Å². The number of aryl methyl sites for hydroxylation is 1. The van der Waals surface area contributed by atoms with Gasteiger partial charge in [0.2, 0.25) is 0 Å². The van der Waals surface area contributed by atoms with Crippen molar-refractivity contribution >= 4 is 27.3 Å². The number of amides is 1. The molecular weight excluding hydrogens is 376 g/mol. The van der Waals surface area contributed by atoms with E-state index in [1.54, 1.807) is 28.8 Å². The van der Waals surface area contributed by atoms with Crippen LogP contribution >= 0.6 is 11.6 Å². The minimum Gasteiger partial charge on any atom is -0.337 e. The first-order valence-corrected chi connectivity index (χ1v) is 10.5. The smallest absolute Gasteiger partial charge is 0.255 e. The molecule has 1 atom stereocenters. The topological polar surface area (TPSA) is 85.2 Å². The van der Waals surface area contributed by atoms with Crippen LogP contribution in [-0.4, -0.2) is 52.5 Å². The standard InChI is InChI=1S/C17H21ClN4O3S/c1-11-15(9-21(3)17(23)13-4-5-16(18)19-8-13)12(2)22(20-11)14-6-7-26(24,25)10-14/h4-5,8,14H,6-7,9-10H2,1-3H3/t14-/m1/s1. The van der Waals surface area contributed by atoms with Crippen LogP contribution in [0.5, 0.6) is 0 Å². The number of pyridine rings is 1. The Morgan fingerprint density at radius 1 is 1.38 bits per heavy atom. The van der Waals surface area contributed by atoms with Crippen molar-refractivity contribution in [3.8, 4) is 0 Å². The second-order valence-electron chi connectivity index (χ2n) is 6.68. The first kappa shape index (κ1) is 18.8. The molecule has 0 spiro atoms. The van der Waals surface area contributed by atoms with E-state index in [0.29, 0.717) is 23.7 Å². The SMILES string of the molecule is Cc1nn([C@@H]2CCS(=O)(=O)C2)c(C)c1CN(C)C(=O)c1ccc(Cl)nc1. The second kappa shape index (κ2) is 7.00. The van der Waals surface area contributed by atoms with Crippen molar-refractivity contribution in [3.05, 3.63) is 46.0 Å². The highest BCUT2D eigenvalue weighted by Gasteiger charge is 2.31. The quantitative estimate of drug-likeness (QED) is 0.739. The molecule has 1 amide bonds. The molecule has 1 aliphatic rings. The van der Waals surface area contributed by atoms with Gasteiger partial charge in [-0.25, -0.2) is 13.4 Å². The van der Waals surface area contributed by atoms with E-state index < -0.39 is 9.84 Å². The number of carbonyl (C=O) groups is 1. The summed E-state index contributed by atoms with van der Waals surface area (Å²) < 4.78 is 25.3. The van der Waals surface area contributed by atoms with Gasteiger partial charge in [0.15, 0.2) is 9.84 Å². The molecule has 0 bridgehead atoms. The summed E-state index contributed by atoms with van der Waals surface area (Å²) in [6.07, 6.45) is 2.03. The summed E-state index contributed by atoms with van der Waals surface area (Å²) in [7, 11) is -1.27. The van der Waals surface area contributed by atoms with Crippen LogP contribution in [0, 0.1) is 13.8 Å². The molecule has 1 aliphatic heterocycles. The zero-order valence-corrected chi connectivity index (χ0v) is 16.5. The lowest BCUT2D eigenvalue weighted by Crippen LogP contribution is -2.27. The molecule has 0 unspecified atom stereocenters. The molecule has 1 saturated heterocycles. The monoisotopic (exact) mass is 396 g/mol. The number of hydrogen-bond acceptors (Lipinski definition) is 5. The fourth-order valence-electron chi connectivity index (χ4n) is 3.28. The Bertz CT molecular complexity index is 938. The minimum atomic E-state index is -2.98. The molecule has 0 radical (unpaired) electrons. The summed E-state index contributed by atoms with van der Waals surface area (Å²) in [6, 6.07) is 3.09. The molecule has 2 aromatic heterocycles. The van der Waals surface area contributed by atoms with Crippen molar-refractivity contribution in [2.45, 2.75) is 32.9 Å².